The Balaban J connectivity index is 1.38. The Kier molecular flexibility index (Phi) is 11.5. The van der Waals surface area contributed by atoms with Gasteiger partial charge in [-0.05, 0) is 11.6 Å². The van der Waals surface area contributed by atoms with Crippen molar-refractivity contribution in [3.63, 3.8) is 0 Å². The van der Waals surface area contributed by atoms with Crippen molar-refractivity contribution in [3.05, 3.63) is 64.4 Å². The summed E-state index contributed by atoms with van der Waals surface area (Å²) in [5.41, 5.74) is 0.414. The van der Waals surface area contributed by atoms with Gasteiger partial charge in [-0.2, -0.15) is 0 Å². The van der Waals surface area contributed by atoms with Crippen molar-refractivity contribution in [2.24, 2.45) is 0 Å². The first-order valence-electron chi connectivity index (χ1n) is 10.3. The van der Waals surface area contributed by atoms with Gasteiger partial charge in [0.1, 0.15) is 0 Å². The highest BCUT2D eigenvalue weighted by atomic mass is 16.5. The molecule has 3 N–H and O–H groups in total. The van der Waals surface area contributed by atoms with E-state index in [0.29, 0.717) is 44.3 Å². The van der Waals surface area contributed by atoms with Crippen molar-refractivity contribution in [1.82, 2.24) is 10.0 Å². The summed E-state index contributed by atoms with van der Waals surface area (Å²) in [5.74, 6) is -0.457. The van der Waals surface area contributed by atoms with E-state index in [0.717, 1.165) is 5.56 Å². The molecule has 1 heterocycles. The van der Waals surface area contributed by atoms with Crippen molar-refractivity contribution in [1.29, 1.82) is 0 Å². The van der Waals surface area contributed by atoms with Crippen LogP contribution >= 0.6 is 0 Å². The number of anilines is 1. The molecule has 174 valence electrons. The Labute approximate surface area is 186 Å². The van der Waals surface area contributed by atoms with Gasteiger partial charge in [-0.25, -0.2) is 0 Å². The summed E-state index contributed by atoms with van der Waals surface area (Å²) in [6, 6.07) is 13.7. The molecule has 10 nitrogen and oxygen atoms in total. The number of nitrogens with one attached hydrogen (secondary N) is 2. The number of hydrogen-bond acceptors (Lipinski definition) is 7. The third-order valence-electron chi connectivity index (χ3n) is 4.22. The number of carbonyl (C=O) groups excluding carboxylic acids is 2. The van der Waals surface area contributed by atoms with Gasteiger partial charge in [0.25, 0.3) is 5.56 Å². The molecule has 0 aliphatic rings. The molecular weight excluding hydrogens is 418 g/mol. The van der Waals surface area contributed by atoms with Crippen molar-refractivity contribution in [2.45, 2.75) is 19.4 Å². The van der Waals surface area contributed by atoms with E-state index in [2.05, 4.69) is 10.6 Å². The second-order valence-corrected chi connectivity index (χ2v) is 6.71. The van der Waals surface area contributed by atoms with Crippen LogP contribution in [0.1, 0.15) is 18.4 Å². The highest BCUT2D eigenvalue weighted by Gasteiger charge is 2.07. The van der Waals surface area contributed by atoms with Crippen LogP contribution in [0.3, 0.4) is 0 Å². The standard InChI is InChI=1S/C22H29N3O7/c26-20(23-17-18-5-2-1-3-6-18)9-11-30-13-15-32-16-14-31-12-10-21(27)24-19-7-4-8-22(28)25(19)29/h1-8,29H,9-17H2,(H,23,26)(H,24,27). The number of rotatable bonds is 15. The first-order chi connectivity index (χ1) is 15.6. The van der Waals surface area contributed by atoms with Crippen LogP contribution in [0.25, 0.3) is 0 Å². The highest BCUT2D eigenvalue weighted by molar-refractivity contribution is 5.89. The number of amides is 2. The predicted molar refractivity (Wildman–Crippen MR) is 116 cm³/mol. The Morgan fingerprint density at radius 2 is 1.38 bits per heavy atom. The smallest absolute Gasteiger partial charge is 0.284 e. The zero-order chi connectivity index (χ0) is 23.0. The molecular formula is C22H29N3O7. The Morgan fingerprint density at radius 1 is 0.781 bits per heavy atom. The maximum Gasteiger partial charge on any atom is 0.284 e. The molecule has 1 aromatic heterocycles. The molecule has 0 spiro atoms. The quantitative estimate of drug-likeness (QED) is 0.276. The maximum atomic E-state index is 11.8. The summed E-state index contributed by atoms with van der Waals surface area (Å²) in [6.45, 7) is 2.39. The molecule has 0 saturated carbocycles. The molecule has 32 heavy (non-hydrogen) atoms. The number of benzene rings is 1. The van der Waals surface area contributed by atoms with Crippen LogP contribution < -0.4 is 16.2 Å². The zero-order valence-corrected chi connectivity index (χ0v) is 17.8. The summed E-state index contributed by atoms with van der Waals surface area (Å²) < 4.78 is 16.4. The fourth-order valence-electron chi connectivity index (χ4n) is 2.54. The van der Waals surface area contributed by atoms with Crippen LogP contribution in [0.4, 0.5) is 5.82 Å². The molecule has 0 atom stereocenters. The first-order valence-corrected chi connectivity index (χ1v) is 10.3. The van der Waals surface area contributed by atoms with Crippen molar-refractivity contribution < 1.29 is 29.0 Å². The zero-order valence-electron chi connectivity index (χ0n) is 17.8. The lowest BCUT2D eigenvalue weighted by Gasteiger charge is -2.09. The molecule has 2 aromatic rings. The third-order valence-corrected chi connectivity index (χ3v) is 4.22. The Bertz CT molecular complexity index is 887. The SMILES string of the molecule is O=C(CCOCCOCCOCCC(=O)Nc1cccc(=O)n1O)NCc1ccccc1. The average Bonchev–Trinajstić information content (AvgIpc) is 2.80. The lowest BCUT2D eigenvalue weighted by molar-refractivity contribution is -0.122. The van der Waals surface area contributed by atoms with Gasteiger partial charge in [-0.1, -0.05) is 36.4 Å². The van der Waals surface area contributed by atoms with Crippen molar-refractivity contribution in [3.8, 4) is 0 Å². The number of pyridine rings is 1. The number of carbonyl (C=O) groups is 2. The van der Waals surface area contributed by atoms with Crippen LogP contribution in [0.15, 0.2) is 53.3 Å². The number of ether oxygens (including phenoxy) is 3. The van der Waals surface area contributed by atoms with E-state index in [1.54, 1.807) is 0 Å². The van der Waals surface area contributed by atoms with Crippen LogP contribution in [0, 0.1) is 0 Å². The van der Waals surface area contributed by atoms with Gasteiger partial charge in [0.2, 0.25) is 11.8 Å². The van der Waals surface area contributed by atoms with Gasteiger partial charge < -0.3 is 30.1 Å². The molecule has 0 aliphatic heterocycles. The van der Waals surface area contributed by atoms with E-state index < -0.39 is 5.56 Å². The van der Waals surface area contributed by atoms with Crippen LogP contribution in [-0.2, 0) is 30.3 Å². The summed E-state index contributed by atoms with van der Waals surface area (Å²) in [6.07, 6.45) is 0.353. The Morgan fingerprint density at radius 3 is 2.03 bits per heavy atom. The molecule has 0 saturated heterocycles. The van der Waals surface area contributed by atoms with E-state index in [9.17, 15) is 19.6 Å². The molecule has 1 aromatic carbocycles. The molecule has 0 unspecified atom stereocenters. The Hall–Kier alpha value is -3.21. The molecule has 2 amide bonds. The van der Waals surface area contributed by atoms with Crippen LogP contribution in [0.2, 0.25) is 0 Å². The van der Waals surface area contributed by atoms with E-state index in [1.807, 2.05) is 30.3 Å². The molecule has 0 aliphatic carbocycles. The number of nitrogens with zero attached hydrogens (tertiary/aromatic N) is 1. The topological polar surface area (TPSA) is 128 Å². The summed E-state index contributed by atoms with van der Waals surface area (Å²) in [5, 5.41) is 14.8. The summed E-state index contributed by atoms with van der Waals surface area (Å²) >= 11 is 0. The average molecular weight is 447 g/mol. The van der Waals surface area contributed by atoms with E-state index in [4.69, 9.17) is 14.2 Å². The normalized spacial score (nSPS) is 10.6. The fourth-order valence-corrected chi connectivity index (χ4v) is 2.54. The second kappa shape index (κ2) is 14.7. The minimum Gasteiger partial charge on any atom is -0.423 e. The van der Waals surface area contributed by atoms with Crippen molar-refractivity contribution in [2.75, 3.05) is 45.0 Å². The van der Waals surface area contributed by atoms with Crippen LogP contribution in [0.5, 0.6) is 0 Å². The third kappa shape index (κ3) is 10.2. The molecule has 0 bridgehead atoms. The summed E-state index contributed by atoms with van der Waals surface area (Å²) in [7, 11) is 0. The van der Waals surface area contributed by atoms with Gasteiger partial charge in [0.05, 0.1) is 46.1 Å². The maximum absolute atomic E-state index is 11.8. The minimum absolute atomic E-state index is 0.000455. The van der Waals surface area contributed by atoms with Gasteiger partial charge in [-0.15, -0.1) is 4.73 Å². The van der Waals surface area contributed by atoms with Gasteiger partial charge in [0, 0.05) is 19.0 Å². The second-order valence-electron chi connectivity index (χ2n) is 6.71. The molecule has 10 heteroatoms. The van der Waals surface area contributed by atoms with E-state index in [1.165, 1.54) is 18.2 Å². The van der Waals surface area contributed by atoms with Crippen LogP contribution in [-0.4, -0.2) is 61.4 Å². The highest BCUT2D eigenvalue weighted by Crippen LogP contribution is 2.02. The molecule has 2 rings (SSSR count). The summed E-state index contributed by atoms with van der Waals surface area (Å²) in [4.78, 5) is 34.8. The lowest BCUT2D eigenvalue weighted by Crippen LogP contribution is -2.24. The fraction of sp³-hybridized carbons (Fsp3) is 0.409. The van der Waals surface area contributed by atoms with E-state index in [-0.39, 0.29) is 37.1 Å². The minimum atomic E-state index is -0.633. The van der Waals surface area contributed by atoms with E-state index >= 15 is 0 Å². The van der Waals surface area contributed by atoms with Gasteiger partial charge in [-0.3, -0.25) is 14.4 Å². The largest absolute Gasteiger partial charge is 0.423 e. The molecule has 0 fully saturated rings. The first kappa shape index (κ1) is 25.1. The number of hydrogen-bond donors (Lipinski definition) is 3. The number of aromatic nitrogens is 1. The van der Waals surface area contributed by atoms with Gasteiger partial charge >= 0.3 is 0 Å². The van der Waals surface area contributed by atoms with Crippen molar-refractivity contribution >= 4 is 17.6 Å². The predicted octanol–water partition coefficient (Wildman–Crippen LogP) is 1.17. The molecule has 0 radical (unpaired) electrons. The van der Waals surface area contributed by atoms with Gasteiger partial charge in [0.15, 0.2) is 5.82 Å². The lowest BCUT2D eigenvalue weighted by atomic mass is 10.2. The monoisotopic (exact) mass is 447 g/mol.